The third-order valence-electron chi connectivity index (χ3n) is 4.14. The molecule has 1 aliphatic rings. The van der Waals surface area contributed by atoms with Crippen LogP contribution in [0.15, 0.2) is 29.3 Å². The van der Waals surface area contributed by atoms with Crippen molar-refractivity contribution in [2.24, 2.45) is 0 Å². The number of aromatic nitrogens is 3. The lowest BCUT2D eigenvalue weighted by molar-refractivity contribution is -0.142. The standard InChI is InChI=1S/C16H10ClF4N3O2/c1-7-4-8-13(10(18)5-9(17)14(8)26-7)24-12(25)6-11(16(19,20)21)23-3-2-22-15(23)24/h2-3,5-7H,4H2,1H3. The molecule has 1 unspecified atom stereocenters. The molecule has 2 aromatic heterocycles. The van der Waals surface area contributed by atoms with Gasteiger partial charge in [-0.15, -0.1) is 0 Å². The van der Waals surface area contributed by atoms with E-state index in [1.54, 1.807) is 6.92 Å². The predicted molar refractivity (Wildman–Crippen MR) is 84.6 cm³/mol. The smallest absolute Gasteiger partial charge is 0.432 e. The van der Waals surface area contributed by atoms with Gasteiger partial charge in [-0.3, -0.25) is 9.20 Å². The van der Waals surface area contributed by atoms with E-state index in [1.807, 2.05) is 0 Å². The predicted octanol–water partition coefficient (Wildman–Crippen LogP) is 3.62. The first kappa shape index (κ1) is 16.9. The molecule has 0 aliphatic carbocycles. The summed E-state index contributed by atoms with van der Waals surface area (Å²) >= 11 is 6.00. The summed E-state index contributed by atoms with van der Waals surface area (Å²) in [6.07, 6.45) is -2.67. The number of benzene rings is 1. The summed E-state index contributed by atoms with van der Waals surface area (Å²) in [4.78, 5) is 16.3. The fraction of sp³-hybridized carbons (Fsp3) is 0.250. The minimum atomic E-state index is -4.77. The van der Waals surface area contributed by atoms with Gasteiger partial charge in [0.15, 0.2) is 0 Å². The van der Waals surface area contributed by atoms with Crippen LogP contribution in [0.2, 0.25) is 5.02 Å². The lowest BCUT2D eigenvalue weighted by Crippen LogP contribution is -2.26. The number of alkyl halides is 3. The number of rotatable bonds is 1. The summed E-state index contributed by atoms with van der Waals surface area (Å²) in [5, 5.41) is 0.0323. The maximum atomic E-state index is 14.7. The molecule has 0 bridgehead atoms. The molecule has 3 heterocycles. The van der Waals surface area contributed by atoms with Crippen molar-refractivity contribution in [2.45, 2.75) is 25.6 Å². The van der Waals surface area contributed by atoms with Gasteiger partial charge in [0.25, 0.3) is 5.56 Å². The number of fused-ring (bicyclic) bond motifs is 2. The van der Waals surface area contributed by atoms with E-state index in [1.165, 1.54) is 0 Å². The Kier molecular flexibility index (Phi) is 3.56. The van der Waals surface area contributed by atoms with Gasteiger partial charge >= 0.3 is 6.18 Å². The Balaban J connectivity index is 2.10. The van der Waals surface area contributed by atoms with Crippen molar-refractivity contribution in [3.63, 3.8) is 0 Å². The second-order valence-corrected chi connectivity index (χ2v) is 6.33. The zero-order chi connectivity index (χ0) is 18.8. The Morgan fingerprint density at radius 3 is 2.77 bits per heavy atom. The number of hydrogen-bond acceptors (Lipinski definition) is 3. The monoisotopic (exact) mass is 387 g/mol. The quantitative estimate of drug-likeness (QED) is 0.599. The molecule has 3 aromatic rings. The minimum absolute atomic E-state index is 0.0323. The number of hydrogen-bond donors (Lipinski definition) is 0. The summed E-state index contributed by atoms with van der Waals surface area (Å²) in [6.45, 7) is 1.73. The van der Waals surface area contributed by atoms with Crippen LogP contribution in [0.4, 0.5) is 17.6 Å². The van der Waals surface area contributed by atoms with E-state index in [9.17, 15) is 22.4 Å². The van der Waals surface area contributed by atoms with Crippen molar-refractivity contribution in [3.8, 4) is 11.4 Å². The number of ether oxygens (including phenoxy) is 1. The minimum Gasteiger partial charge on any atom is -0.488 e. The molecule has 5 nitrogen and oxygen atoms in total. The van der Waals surface area contributed by atoms with Gasteiger partial charge in [0.05, 0.1) is 10.7 Å². The van der Waals surface area contributed by atoms with E-state index in [-0.39, 0.29) is 34.8 Å². The molecule has 1 atom stereocenters. The number of halogens is 5. The van der Waals surface area contributed by atoms with Crippen molar-refractivity contribution >= 4 is 17.4 Å². The first-order valence-corrected chi connectivity index (χ1v) is 7.90. The normalized spacial score (nSPS) is 16.8. The van der Waals surface area contributed by atoms with E-state index in [4.69, 9.17) is 16.3 Å². The summed E-state index contributed by atoms with van der Waals surface area (Å²) in [5.41, 5.74) is -2.14. The Hall–Kier alpha value is -2.55. The molecule has 10 heteroatoms. The molecular weight excluding hydrogens is 378 g/mol. The summed E-state index contributed by atoms with van der Waals surface area (Å²) in [6, 6.07) is 1.38. The van der Waals surface area contributed by atoms with Crippen LogP contribution in [0.25, 0.3) is 11.5 Å². The highest BCUT2D eigenvalue weighted by Crippen LogP contribution is 2.41. The van der Waals surface area contributed by atoms with Crippen LogP contribution in [0.5, 0.6) is 5.75 Å². The van der Waals surface area contributed by atoms with Gasteiger partial charge in [-0.1, -0.05) is 11.6 Å². The third kappa shape index (κ3) is 2.38. The van der Waals surface area contributed by atoms with Gasteiger partial charge in [0.1, 0.15) is 23.4 Å². The van der Waals surface area contributed by atoms with E-state index in [0.717, 1.165) is 23.0 Å². The van der Waals surface area contributed by atoms with E-state index in [0.29, 0.717) is 16.0 Å². The van der Waals surface area contributed by atoms with Crippen LogP contribution in [-0.4, -0.2) is 20.1 Å². The molecule has 0 saturated carbocycles. The molecule has 0 fully saturated rings. The molecule has 4 rings (SSSR count). The lowest BCUT2D eigenvalue weighted by atomic mass is 10.1. The van der Waals surface area contributed by atoms with Crippen LogP contribution in [0, 0.1) is 5.82 Å². The Bertz CT molecular complexity index is 1100. The fourth-order valence-electron chi connectivity index (χ4n) is 3.16. The molecule has 0 saturated heterocycles. The van der Waals surface area contributed by atoms with Gasteiger partial charge in [-0.05, 0) is 13.0 Å². The molecule has 0 spiro atoms. The zero-order valence-electron chi connectivity index (χ0n) is 13.1. The Morgan fingerprint density at radius 2 is 2.08 bits per heavy atom. The Morgan fingerprint density at radius 1 is 1.35 bits per heavy atom. The molecule has 1 aliphatic heterocycles. The van der Waals surface area contributed by atoms with Crippen LogP contribution in [-0.2, 0) is 12.6 Å². The average molecular weight is 388 g/mol. The summed E-state index contributed by atoms with van der Waals surface area (Å²) in [5.74, 6) is -0.988. The van der Waals surface area contributed by atoms with Gasteiger partial charge in [-0.25, -0.2) is 13.9 Å². The van der Waals surface area contributed by atoms with Gasteiger partial charge < -0.3 is 4.74 Å². The lowest BCUT2D eigenvalue weighted by Gasteiger charge is -2.16. The highest BCUT2D eigenvalue weighted by molar-refractivity contribution is 6.32. The molecule has 136 valence electrons. The molecular formula is C16H10ClF4N3O2. The summed E-state index contributed by atoms with van der Waals surface area (Å²) in [7, 11) is 0. The van der Waals surface area contributed by atoms with Crippen molar-refractivity contribution in [3.05, 3.63) is 57.0 Å². The first-order chi connectivity index (χ1) is 12.2. The molecule has 1 aromatic carbocycles. The molecule has 0 amide bonds. The SMILES string of the molecule is CC1Cc2c(c(Cl)cc(F)c2-n2c(=O)cc(C(F)(F)F)n3ccnc23)O1. The Labute approximate surface area is 148 Å². The van der Waals surface area contributed by atoms with Gasteiger partial charge in [0.2, 0.25) is 5.78 Å². The number of nitrogens with zero attached hydrogens (tertiary/aromatic N) is 3. The van der Waals surface area contributed by atoms with Crippen molar-refractivity contribution in [2.75, 3.05) is 0 Å². The van der Waals surface area contributed by atoms with Crippen molar-refractivity contribution in [1.82, 2.24) is 14.0 Å². The van der Waals surface area contributed by atoms with E-state index >= 15 is 0 Å². The molecule has 26 heavy (non-hydrogen) atoms. The maximum Gasteiger partial charge on any atom is 0.432 e. The van der Waals surface area contributed by atoms with Crippen LogP contribution >= 0.6 is 11.6 Å². The molecule has 0 N–H and O–H groups in total. The molecule has 0 radical (unpaired) electrons. The van der Waals surface area contributed by atoms with Crippen LogP contribution < -0.4 is 10.3 Å². The number of imidazole rings is 1. The second kappa shape index (κ2) is 5.47. The largest absolute Gasteiger partial charge is 0.488 e. The highest BCUT2D eigenvalue weighted by atomic mass is 35.5. The topological polar surface area (TPSA) is 48.5 Å². The summed E-state index contributed by atoms with van der Waals surface area (Å²) < 4.78 is 61.4. The van der Waals surface area contributed by atoms with E-state index in [2.05, 4.69) is 4.98 Å². The van der Waals surface area contributed by atoms with Gasteiger partial charge in [-0.2, -0.15) is 13.2 Å². The van der Waals surface area contributed by atoms with Crippen molar-refractivity contribution in [1.29, 1.82) is 0 Å². The van der Waals surface area contributed by atoms with E-state index < -0.39 is 23.2 Å². The van der Waals surface area contributed by atoms with Crippen molar-refractivity contribution < 1.29 is 22.3 Å². The first-order valence-electron chi connectivity index (χ1n) is 7.52. The second-order valence-electron chi connectivity index (χ2n) is 5.93. The maximum absolute atomic E-state index is 14.7. The highest BCUT2D eigenvalue weighted by Gasteiger charge is 2.36. The average Bonchev–Trinajstić information content (AvgIpc) is 3.14. The third-order valence-corrected chi connectivity index (χ3v) is 4.42. The van der Waals surface area contributed by atoms with Crippen LogP contribution in [0.1, 0.15) is 18.2 Å². The zero-order valence-corrected chi connectivity index (χ0v) is 13.9. The van der Waals surface area contributed by atoms with Crippen LogP contribution in [0.3, 0.4) is 0 Å². The van der Waals surface area contributed by atoms with Gasteiger partial charge in [0, 0.05) is 30.4 Å². The fourth-order valence-corrected chi connectivity index (χ4v) is 3.41.